The fourth-order valence-corrected chi connectivity index (χ4v) is 3.73. The molecule has 4 nitrogen and oxygen atoms in total. The first-order chi connectivity index (χ1) is 11.7. The van der Waals surface area contributed by atoms with E-state index in [0.29, 0.717) is 13.2 Å². The first kappa shape index (κ1) is 19.1. The molecule has 0 aromatic heterocycles. The second kappa shape index (κ2) is 10.6. The summed E-state index contributed by atoms with van der Waals surface area (Å²) in [5.41, 5.74) is 2.43. The molecular formula is C19H31N3OS. The minimum absolute atomic E-state index is 0.265. The summed E-state index contributed by atoms with van der Waals surface area (Å²) >= 11 is 2.07. The van der Waals surface area contributed by atoms with Crippen LogP contribution < -0.4 is 10.6 Å². The number of benzene rings is 1. The van der Waals surface area contributed by atoms with Gasteiger partial charge in [-0.2, -0.15) is 11.8 Å². The first-order valence-corrected chi connectivity index (χ1v) is 10.1. The van der Waals surface area contributed by atoms with Crippen LogP contribution in [0.15, 0.2) is 29.3 Å². The van der Waals surface area contributed by atoms with Gasteiger partial charge in [-0.15, -0.1) is 0 Å². The van der Waals surface area contributed by atoms with Gasteiger partial charge >= 0.3 is 0 Å². The Labute approximate surface area is 150 Å². The molecule has 24 heavy (non-hydrogen) atoms. The van der Waals surface area contributed by atoms with Crippen LogP contribution in [0.25, 0.3) is 0 Å². The Morgan fingerprint density at radius 3 is 2.62 bits per heavy atom. The van der Waals surface area contributed by atoms with Crippen molar-refractivity contribution in [1.29, 1.82) is 0 Å². The van der Waals surface area contributed by atoms with Crippen LogP contribution in [0.5, 0.6) is 0 Å². The molecule has 1 aliphatic rings. The molecule has 2 N–H and O–H groups in total. The summed E-state index contributed by atoms with van der Waals surface area (Å²) in [6, 6.07) is 8.53. The lowest BCUT2D eigenvalue weighted by Crippen LogP contribution is -2.40. The molecule has 0 spiro atoms. The third kappa shape index (κ3) is 7.14. The summed E-state index contributed by atoms with van der Waals surface area (Å²) in [5, 5.41) is 7.54. The minimum Gasteiger partial charge on any atom is -0.374 e. The maximum atomic E-state index is 5.63. The Kier molecular flexibility index (Phi) is 8.47. The van der Waals surface area contributed by atoms with Crippen molar-refractivity contribution < 1.29 is 4.74 Å². The van der Waals surface area contributed by atoms with Crippen LogP contribution in [0.3, 0.4) is 0 Å². The van der Waals surface area contributed by atoms with Gasteiger partial charge in [0.15, 0.2) is 5.96 Å². The van der Waals surface area contributed by atoms with E-state index in [9.17, 15) is 0 Å². The van der Waals surface area contributed by atoms with Gasteiger partial charge in [-0.25, -0.2) is 4.99 Å². The highest BCUT2D eigenvalue weighted by atomic mass is 32.2. The first-order valence-electron chi connectivity index (χ1n) is 9.00. The number of nitrogens with one attached hydrogen (secondary N) is 2. The molecule has 2 rings (SSSR count). The molecule has 1 fully saturated rings. The van der Waals surface area contributed by atoms with Gasteiger partial charge in [0.1, 0.15) is 0 Å². The summed E-state index contributed by atoms with van der Waals surface area (Å²) in [4.78, 5) is 4.70. The topological polar surface area (TPSA) is 45.7 Å². The van der Waals surface area contributed by atoms with Gasteiger partial charge in [-0.1, -0.05) is 24.3 Å². The van der Waals surface area contributed by atoms with Gasteiger partial charge in [-0.05, 0) is 50.5 Å². The number of ether oxygens (including phenoxy) is 1. The summed E-state index contributed by atoms with van der Waals surface area (Å²) in [6.45, 7) is 9.47. The number of nitrogens with zero attached hydrogens (tertiary/aromatic N) is 1. The van der Waals surface area contributed by atoms with Crippen LogP contribution in [-0.2, 0) is 17.9 Å². The van der Waals surface area contributed by atoms with Crippen LogP contribution in [0.2, 0.25) is 0 Å². The lowest BCUT2D eigenvalue weighted by atomic mass is 10.1. The Morgan fingerprint density at radius 2 is 2.00 bits per heavy atom. The molecule has 0 radical (unpaired) electrons. The molecular weight excluding hydrogens is 318 g/mol. The maximum Gasteiger partial charge on any atom is 0.191 e. The number of hydrogen-bond donors (Lipinski definition) is 2. The predicted octanol–water partition coefficient (Wildman–Crippen LogP) is 3.56. The van der Waals surface area contributed by atoms with Gasteiger partial charge in [0.05, 0.1) is 19.3 Å². The SMILES string of the molecule is CCNC(=NCc1ccc(COC(C)C)cc1)NCC1CCCS1. The maximum absolute atomic E-state index is 5.63. The van der Waals surface area contributed by atoms with E-state index in [1.165, 1.54) is 29.7 Å². The van der Waals surface area contributed by atoms with Crippen molar-refractivity contribution in [2.45, 2.75) is 58.1 Å². The molecule has 0 aliphatic carbocycles. The lowest BCUT2D eigenvalue weighted by Gasteiger charge is -2.14. The monoisotopic (exact) mass is 349 g/mol. The Bertz CT molecular complexity index is 496. The fraction of sp³-hybridized carbons (Fsp3) is 0.632. The average Bonchev–Trinajstić information content (AvgIpc) is 3.10. The normalized spacial score (nSPS) is 18.2. The van der Waals surface area contributed by atoms with Crippen molar-refractivity contribution >= 4 is 17.7 Å². The zero-order valence-electron chi connectivity index (χ0n) is 15.2. The molecule has 1 saturated heterocycles. The molecule has 0 amide bonds. The largest absolute Gasteiger partial charge is 0.374 e. The molecule has 5 heteroatoms. The zero-order valence-corrected chi connectivity index (χ0v) is 16.0. The third-order valence-electron chi connectivity index (χ3n) is 3.89. The van der Waals surface area contributed by atoms with Crippen molar-refractivity contribution in [3.8, 4) is 0 Å². The smallest absolute Gasteiger partial charge is 0.191 e. The highest BCUT2D eigenvalue weighted by Crippen LogP contribution is 2.25. The summed E-state index contributed by atoms with van der Waals surface area (Å²) in [6.07, 6.45) is 2.93. The van der Waals surface area contributed by atoms with E-state index in [2.05, 4.69) is 67.4 Å². The van der Waals surface area contributed by atoms with E-state index in [4.69, 9.17) is 9.73 Å². The predicted molar refractivity (Wildman–Crippen MR) is 105 cm³/mol. The molecule has 1 aliphatic heterocycles. The van der Waals surface area contributed by atoms with E-state index in [-0.39, 0.29) is 6.10 Å². The number of guanidine groups is 1. The molecule has 0 saturated carbocycles. The summed E-state index contributed by atoms with van der Waals surface area (Å²) < 4.78 is 5.63. The van der Waals surface area contributed by atoms with Crippen molar-refractivity contribution in [3.05, 3.63) is 35.4 Å². The van der Waals surface area contributed by atoms with Crippen molar-refractivity contribution in [2.75, 3.05) is 18.8 Å². The van der Waals surface area contributed by atoms with Crippen molar-refractivity contribution in [3.63, 3.8) is 0 Å². The quantitative estimate of drug-likeness (QED) is 0.556. The summed E-state index contributed by atoms with van der Waals surface area (Å²) in [5.74, 6) is 2.21. The van der Waals surface area contributed by atoms with Gasteiger partial charge in [0.2, 0.25) is 0 Å². The van der Waals surface area contributed by atoms with Gasteiger partial charge in [0, 0.05) is 18.3 Å². The number of aliphatic imine (C=N–C) groups is 1. The van der Waals surface area contributed by atoms with E-state index in [1.807, 2.05) is 0 Å². The molecule has 0 bridgehead atoms. The van der Waals surface area contributed by atoms with Crippen LogP contribution in [0, 0.1) is 0 Å². The minimum atomic E-state index is 0.265. The van der Waals surface area contributed by atoms with E-state index in [0.717, 1.165) is 24.3 Å². The average molecular weight is 350 g/mol. The third-order valence-corrected chi connectivity index (χ3v) is 5.29. The highest BCUT2D eigenvalue weighted by Gasteiger charge is 2.15. The molecule has 1 heterocycles. The van der Waals surface area contributed by atoms with Crippen LogP contribution in [-0.4, -0.2) is 36.2 Å². The van der Waals surface area contributed by atoms with Crippen LogP contribution in [0.4, 0.5) is 0 Å². The second-order valence-corrected chi connectivity index (χ2v) is 7.80. The molecule has 1 unspecified atom stereocenters. The van der Waals surface area contributed by atoms with E-state index < -0.39 is 0 Å². The van der Waals surface area contributed by atoms with Gasteiger partial charge in [-0.3, -0.25) is 0 Å². The standard InChI is InChI=1S/C19H31N3OS/c1-4-20-19(22-13-18-6-5-11-24-18)21-12-16-7-9-17(10-8-16)14-23-15(2)3/h7-10,15,18H,4-6,11-14H2,1-3H3,(H2,20,21,22). The molecule has 1 aromatic carbocycles. The van der Waals surface area contributed by atoms with Gasteiger partial charge in [0.25, 0.3) is 0 Å². The zero-order chi connectivity index (χ0) is 17.2. The molecule has 134 valence electrons. The lowest BCUT2D eigenvalue weighted by molar-refractivity contribution is 0.0657. The highest BCUT2D eigenvalue weighted by molar-refractivity contribution is 8.00. The van der Waals surface area contributed by atoms with Crippen molar-refractivity contribution in [1.82, 2.24) is 10.6 Å². The van der Waals surface area contributed by atoms with E-state index >= 15 is 0 Å². The number of rotatable bonds is 8. The fourth-order valence-electron chi connectivity index (χ4n) is 2.53. The van der Waals surface area contributed by atoms with Crippen LogP contribution >= 0.6 is 11.8 Å². The Balaban J connectivity index is 1.82. The Morgan fingerprint density at radius 1 is 1.25 bits per heavy atom. The van der Waals surface area contributed by atoms with Crippen LogP contribution in [0.1, 0.15) is 44.7 Å². The van der Waals surface area contributed by atoms with E-state index in [1.54, 1.807) is 0 Å². The van der Waals surface area contributed by atoms with Crippen molar-refractivity contribution in [2.24, 2.45) is 4.99 Å². The van der Waals surface area contributed by atoms with Gasteiger partial charge < -0.3 is 15.4 Å². The summed E-state index contributed by atoms with van der Waals surface area (Å²) in [7, 11) is 0. The number of thioether (sulfide) groups is 1. The molecule has 1 aromatic rings. The second-order valence-electron chi connectivity index (χ2n) is 6.39. The Hall–Kier alpha value is -1.20. The molecule has 1 atom stereocenters. The number of hydrogen-bond acceptors (Lipinski definition) is 3.